The van der Waals surface area contributed by atoms with Gasteiger partial charge in [0.05, 0.1) is 0 Å². The van der Waals surface area contributed by atoms with Gasteiger partial charge in [-0.05, 0) is 30.2 Å². The average Bonchev–Trinajstić information content (AvgIpc) is 2.94. The molecule has 2 heterocycles. The van der Waals surface area contributed by atoms with Crippen LogP contribution in [-0.4, -0.2) is 29.2 Å². The minimum absolute atomic E-state index is 0.139. The van der Waals surface area contributed by atoms with Crippen LogP contribution in [0.1, 0.15) is 27.3 Å². The predicted molar refractivity (Wildman–Crippen MR) is 89.2 cm³/mol. The second kappa shape index (κ2) is 6.81. The lowest BCUT2D eigenvalue weighted by Crippen LogP contribution is -2.29. The number of carbonyl (C=O) groups is 1. The lowest BCUT2D eigenvalue weighted by atomic mass is 10.1. The zero-order valence-corrected chi connectivity index (χ0v) is 14.2. The number of halogens is 2. The van der Waals surface area contributed by atoms with Gasteiger partial charge in [0.25, 0.3) is 5.91 Å². The van der Waals surface area contributed by atoms with Crippen LogP contribution in [0, 0.1) is 0 Å². The molecule has 3 rings (SSSR count). The highest BCUT2D eigenvalue weighted by atomic mass is 79.9. The molecule has 1 aromatic carbocycles. The highest BCUT2D eigenvalue weighted by Crippen LogP contribution is 2.21. The number of nitrogens with one attached hydrogen (secondary N) is 3. The van der Waals surface area contributed by atoms with Crippen LogP contribution in [0.3, 0.4) is 0 Å². The lowest BCUT2D eigenvalue weighted by Gasteiger charge is -2.13. The molecule has 0 spiro atoms. The number of hydrogen-bond donors (Lipinski definition) is 3. The summed E-state index contributed by atoms with van der Waals surface area (Å²) in [4.78, 5) is 12.3. The normalized spacial score (nSPS) is 13.7. The van der Waals surface area contributed by atoms with Crippen molar-refractivity contribution in [2.75, 3.05) is 13.1 Å². The molecule has 7 heteroatoms. The van der Waals surface area contributed by atoms with Gasteiger partial charge in [0, 0.05) is 46.8 Å². The zero-order chi connectivity index (χ0) is 15.5. The quantitative estimate of drug-likeness (QED) is 0.759. The Morgan fingerprint density at radius 1 is 1.45 bits per heavy atom. The van der Waals surface area contributed by atoms with Crippen LogP contribution in [0.15, 0.2) is 22.7 Å². The van der Waals surface area contributed by atoms with Crippen molar-refractivity contribution < 1.29 is 4.79 Å². The molecular weight excluding hydrogens is 368 g/mol. The van der Waals surface area contributed by atoms with E-state index in [-0.39, 0.29) is 5.91 Å². The van der Waals surface area contributed by atoms with Crippen molar-refractivity contribution in [2.24, 2.45) is 0 Å². The molecule has 0 bridgehead atoms. The molecule has 22 heavy (non-hydrogen) atoms. The third kappa shape index (κ3) is 3.34. The third-order valence-electron chi connectivity index (χ3n) is 3.71. The number of amides is 1. The molecule has 3 N–H and O–H groups in total. The largest absolute Gasteiger partial charge is 0.350 e. The SMILES string of the molecule is O=C(NCCc1cc(Cl)ccc1Br)c1n[nH]c2c1CNCC2. The van der Waals surface area contributed by atoms with E-state index in [0.717, 1.165) is 34.3 Å². The molecule has 1 aliphatic rings. The average molecular weight is 384 g/mol. The van der Waals surface area contributed by atoms with E-state index in [1.807, 2.05) is 18.2 Å². The van der Waals surface area contributed by atoms with Crippen LogP contribution in [0.2, 0.25) is 5.02 Å². The molecule has 5 nitrogen and oxygen atoms in total. The number of benzene rings is 1. The van der Waals surface area contributed by atoms with Gasteiger partial charge >= 0.3 is 0 Å². The van der Waals surface area contributed by atoms with Gasteiger partial charge < -0.3 is 10.6 Å². The highest BCUT2D eigenvalue weighted by molar-refractivity contribution is 9.10. The maximum atomic E-state index is 12.3. The van der Waals surface area contributed by atoms with E-state index in [1.54, 1.807) is 0 Å². The molecule has 1 aliphatic heterocycles. The minimum Gasteiger partial charge on any atom is -0.350 e. The van der Waals surface area contributed by atoms with E-state index in [0.29, 0.717) is 30.2 Å². The van der Waals surface area contributed by atoms with Crippen molar-refractivity contribution in [3.63, 3.8) is 0 Å². The molecule has 0 aliphatic carbocycles. The molecule has 116 valence electrons. The Balaban J connectivity index is 1.61. The summed E-state index contributed by atoms with van der Waals surface area (Å²) in [5, 5.41) is 14.0. The van der Waals surface area contributed by atoms with Gasteiger partial charge in [0.1, 0.15) is 0 Å². The van der Waals surface area contributed by atoms with E-state index in [2.05, 4.69) is 36.8 Å². The van der Waals surface area contributed by atoms with Crippen molar-refractivity contribution >= 4 is 33.4 Å². The van der Waals surface area contributed by atoms with Crippen LogP contribution < -0.4 is 10.6 Å². The number of aromatic amines is 1. The van der Waals surface area contributed by atoms with Crippen molar-refractivity contribution in [1.82, 2.24) is 20.8 Å². The van der Waals surface area contributed by atoms with Gasteiger partial charge in [-0.3, -0.25) is 9.89 Å². The number of rotatable bonds is 4. The Morgan fingerprint density at radius 2 is 2.32 bits per heavy atom. The second-order valence-electron chi connectivity index (χ2n) is 5.20. The molecule has 0 unspecified atom stereocenters. The number of aromatic nitrogens is 2. The van der Waals surface area contributed by atoms with Crippen LogP contribution in [0.25, 0.3) is 0 Å². The summed E-state index contributed by atoms with van der Waals surface area (Å²) in [6, 6.07) is 5.64. The first kappa shape index (κ1) is 15.5. The smallest absolute Gasteiger partial charge is 0.272 e. The third-order valence-corrected chi connectivity index (χ3v) is 4.72. The Morgan fingerprint density at radius 3 is 3.18 bits per heavy atom. The Hall–Kier alpha value is -1.37. The zero-order valence-electron chi connectivity index (χ0n) is 11.9. The Labute approximate surface area is 142 Å². The van der Waals surface area contributed by atoms with E-state index < -0.39 is 0 Å². The number of carbonyl (C=O) groups excluding carboxylic acids is 1. The summed E-state index contributed by atoms with van der Waals surface area (Å²) in [5.41, 5.74) is 3.60. The predicted octanol–water partition coefficient (Wildman–Crippen LogP) is 2.44. The van der Waals surface area contributed by atoms with Crippen LogP contribution in [-0.2, 0) is 19.4 Å². The Bertz CT molecular complexity index is 701. The monoisotopic (exact) mass is 382 g/mol. The van der Waals surface area contributed by atoms with Crippen LogP contribution in [0.5, 0.6) is 0 Å². The molecule has 0 saturated carbocycles. The molecule has 1 aromatic heterocycles. The van der Waals surface area contributed by atoms with Crippen molar-refractivity contribution in [3.05, 3.63) is 50.2 Å². The molecule has 1 amide bonds. The number of fused-ring (bicyclic) bond motifs is 1. The van der Waals surface area contributed by atoms with E-state index >= 15 is 0 Å². The van der Waals surface area contributed by atoms with Gasteiger partial charge in [-0.1, -0.05) is 27.5 Å². The fourth-order valence-corrected chi connectivity index (χ4v) is 3.18. The first-order chi connectivity index (χ1) is 10.6. The Kier molecular flexibility index (Phi) is 4.81. The maximum Gasteiger partial charge on any atom is 0.272 e. The summed E-state index contributed by atoms with van der Waals surface area (Å²) in [7, 11) is 0. The summed E-state index contributed by atoms with van der Waals surface area (Å²) >= 11 is 9.48. The molecular formula is C15H16BrClN4O. The number of H-pyrrole nitrogens is 1. The minimum atomic E-state index is -0.139. The maximum absolute atomic E-state index is 12.3. The summed E-state index contributed by atoms with van der Waals surface area (Å²) in [6.45, 7) is 2.14. The van der Waals surface area contributed by atoms with Crippen LogP contribution in [0.4, 0.5) is 0 Å². The van der Waals surface area contributed by atoms with E-state index in [4.69, 9.17) is 11.6 Å². The van der Waals surface area contributed by atoms with Gasteiger partial charge in [-0.25, -0.2) is 0 Å². The second-order valence-corrected chi connectivity index (χ2v) is 6.49. The topological polar surface area (TPSA) is 69.8 Å². The molecule has 0 fully saturated rings. The van der Waals surface area contributed by atoms with E-state index in [1.165, 1.54) is 0 Å². The van der Waals surface area contributed by atoms with Gasteiger partial charge in [0.2, 0.25) is 0 Å². The molecule has 0 atom stereocenters. The lowest BCUT2D eigenvalue weighted by molar-refractivity contribution is 0.0948. The summed E-state index contributed by atoms with van der Waals surface area (Å²) < 4.78 is 0.993. The first-order valence-corrected chi connectivity index (χ1v) is 8.31. The fraction of sp³-hybridized carbons (Fsp3) is 0.333. The fourth-order valence-electron chi connectivity index (χ4n) is 2.54. The number of nitrogens with zero attached hydrogens (tertiary/aromatic N) is 1. The van der Waals surface area contributed by atoms with Crippen molar-refractivity contribution in [3.8, 4) is 0 Å². The standard InChI is InChI=1S/C15H16BrClN4O/c16-12-2-1-10(17)7-9(12)3-6-19-15(22)14-11-8-18-5-4-13(11)20-21-14/h1-2,7,18H,3-6,8H2,(H,19,22)(H,20,21). The number of hydrogen-bond acceptors (Lipinski definition) is 3. The molecule has 2 aromatic rings. The van der Waals surface area contributed by atoms with E-state index in [9.17, 15) is 4.79 Å². The summed E-state index contributed by atoms with van der Waals surface area (Å²) in [5.74, 6) is -0.139. The van der Waals surface area contributed by atoms with Gasteiger partial charge in [-0.15, -0.1) is 0 Å². The summed E-state index contributed by atoms with van der Waals surface area (Å²) in [6.07, 6.45) is 1.59. The molecule has 0 saturated heterocycles. The highest BCUT2D eigenvalue weighted by Gasteiger charge is 2.21. The first-order valence-electron chi connectivity index (χ1n) is 7.14. The van der Waals surface area contributed by atoms with Gasteiger partial charge in [0.15, 0.2) is 5.69 Å². The van der Waals surface area contributed by atoms with Crippen molar-refractivity contribution in [2.45, 2.75) is 19.4 Å². The van der Waals surface area contributed by atoms with Gasteiger partial charge in [-0.2, -0.15) is 5.10 Å². The van der Waals surface area contributed by atoms with Crippen molar-refractivity contribution in [1.29, 1.82) is 0 Å². The van der Waals surface area contributed by atoms with Crippen LogP contribution >= 0.6 is 27.5 Å². The molecule has 0 radical (unpaired) electrons.